The van der Waals surface area contributed by atoms with Crippen LogP contribution in [0.15, 0.2) is 158 Å². The fourth-order valence-corrected chi connectivity index (χ4v) is 16.4. The number of hydrogen-bond donors (Lipinski definition) is 14. The zero-order valence-electron chi connectivity index (χ0n) is 76.1. The van der Waals surface area contributed by atoms with Gasteiger partial charge in [0.1, 0.15) is 50.6 Å². The SMILES string of the molecule is CCCC(C)Nc1nc(N)nc2ccn(Cc3ccccc3OC)c12.CCCC[C@@H](CCO)Nc1nc(N)nc2ccn(Cc3ccccc3OC)c12.CCC[C@@H](CCO)Nc1nc(N)nc2ccn(CC3CCC3)c12.CCC[C@@H](CCO)Nc1nc(N)nc2ccn(Cc3ccccc3F)c12.CCC[C@@H](CCO)Nc1nc(N)nc2ccn(Cc3ccccc3OC)c12. The van der Waals surface area contributed by atoms with Gasteiger partial charge in [-0.3, -0.25) is 0 Å². The Hall–Kier alpha value is -12.9. The number of rotatable bonds is 42. The molecule has 14 aromatic rings. The number of benzene rings is 4. The van der Waals surface area contributed by atoms with Crippen molar-refractivity contribution in [1.29, 1.82) is 0 Å². The van der Waals surface area contributed by atoms with E-state index >= 15 is 0 Å². The summed E-state index contributed by atoms with van der Waals surface area (Å²) in [6, 6.07) is 41.2. The Morgan fingerprint density at radius 1 is 0.349 bits per heavy atom. The number of halogens is 1. The second kappa shape index (κ2) is 48.9. The lowest BCUT2D eigenvalue weighted by atomic mass is 9.85. The van der Waals surface area contributed by atoms with E-state index in [0.29, 0.717) is 92.4 Å². The average molecular weight is 1770 g/mol. The Bertz CT molecular complexity index is 5800. The minimum atomic E-state index is -0.246. The third-order valence-corrected chi connectivity index (χ3v) is 22.9. The number of unbranched alkanes of at least 4 members (excludes halogenated alkanes) is 1. The number of nitrogens with zero attached hydrogens (tertiary/aromatic N) is 15. The van der Waals surface area contributed by atoms with E-state index in [1.165, 1.54) is 25.3 Å². The van der Waals surface area contributed by atoms with Crippen molar-refractivity contribution in [3.63, 3.8) is 0 Å². The van der Waals surface area contributed by atoms with Crippen molar-refractivity contribution in [1.82, 2.24) is 72.7 Å². The molecule has 0 radical (unpaired) electrons. The van der Waals surface area contributed by atoms with Crippen LogP contribution in [0.4, 0.5) is 63.2 Å². The molecule has 129 heavy (non-hydrogen) atoms. The number of nitrogens with one attached hydrogen (secondary N) is 5. The maximum Gasteiger partial charge on any atom is 0.222 e. The van der Waals surface area contributed by atoms with Crippen LogP contribution in [0.2, 0.25) is 0 Å². The highest BCUT2D eigenvalue weighted by molar-refractivity contribution is 5.91. The van der Waals surface area contributed by atoms with Gasteiger partial charge in [-0.1, -0.05) is 152 Å². The molecule has 10 aromatic heterocycles. The van der Waals surface area contributed by atoms with Crippen LogP contribution >= 0.6 is 0 Å². The Kier molecular flexibility index (Phi) is 36.7. The first-order chi connectivity index (χ1) is 62.8. The molecule has 1 saturated carbocycles. The number of hydrogen-bond acceptors (Lipinski definition) is 27. The van der Waals surface area contributed by atoms with Crippen molar-refractivity contribution >= 4 is 114 Å². The lowest BCUT2D eigenvalue weighted by molar-refractivity contribution is 0.275. The van der Waals surface area contributed by atoms with Crippen LogP contribution in [-0.2, 0) is 32.7 Å². The topological polar surface area (TPSA) is 452 Å². The number of fused-ring (bicyclic) bond motifs is 5. The molecule has 690 valence electrons. The standard InChI is InChI=1S/C21H29N5O2.C20H27N5O2.C19H24FN5O.C19H25N5O.C17H27N5O/c1-3-4-8-16(11-13-27)23-20-19-17(24-21(22)25-20)10-12-26(19)14-15-7-5-6-9-18(15)28-2;1-3-6-15(10-12-26)22-19-18-16(23-20(21)24-19)9-11-25(18)13-14-7-4-5-8-17(14)27-2;1-2-5-14(9-11-26)22-18-17-16(23-19(21)24-18)8-10-25(17)12-13-6-3-4-7-15(13)20;1-4-7-13(2)21-18-17-15(22-19(20)23-18)10-11-24(17)12-14-8-5-6-9-16(14)25-3;1-2-4-13(8-10-23)19-16-15-14(20-17(18)21-16)7-9-22(15)11-12-5-3-6-12/h5-7,9-10,12,16,27H,3-4,8,11,13-14H2,1-2H3,(H3,22,23,24,25);4-5,7-9,11,15,26H,3,6,10,12-13H2,1-2H3,(H3,21,22,23,24);3-4,6-8,10,14,26H,2,5,9,11-12H2,1H3,(H3,21,22,23,24);5-6,8-11,13H,4,7,12H2,1-3H3,(H3,20,21,22,23);7,9,12-13,23H,2-6,8,10-11H2,1H3,(H3,18,19,20,21)/t16-;15-;14-;;13-/m000.0/s1. The number of methoxy groups -OCH3 is 3. The maximum absolute atomic E-state index is 14.0. The molecule has 5 atom stereocenters. The molecule has 1 unspecified atom stereocenters. The summed E-state index contributed by atoms with van der Waals surface area (Å²) in [5.41, 5.74) is 41.9. The summed E-state index contributed by atoms with van der Waals surface area (Å²) in [5.74, 6) is 7.90. The number of aliphatic hydroxyl groups excluding tert-OH is 4. The first-order valence-electron chi connectivity index (χ1n) is 45.2. The Balaban J connectivity index is 0.000000156. The molecule has 0 saturated heterocycles. The summed E-state index contributed by atoms with van der Waals surface area (Å²) in [5, 5.41) is 54.7. The van der Waals surface area contributed by atoms with Gasteiger partial charge < -0.3 is 113 Å². The molecule has 4 aromatic carbocycles. The van der Waals surface area contributed by atoms with Crippen LogP contribution in [-0.4, -0.2) is 171 Å². The van der Waals surface area contributed by atoms with Crippen LogP contribution < -0.4 is 69.5 Å². The van der Waals surface area contributed by atoms with Crippen LogP contribution in [0.3, 0.4) is 0 Å². The summed E-state index contributed by atoms with van der Waals surface area (Å²) in [6.45, 7) is 16.7. The summed E-state index contributed by atoms with van der Waals surface area (Å²) in [6.07, 6.45) is 27.8. The average Bonchev–Trinajstić information content (AvgIpc) is 1.68. The monoisotopic (exact) mass is 1770 g/mol. The molecule has 33 heteroatoms. The predicted molar refractivity (Wildman–Crippen MR) is 518 cm³/mol. The molecule has 1 fully saturated rings. The van der Waals surface area contributed by atoms with Gasteiger partial charge >= 0.3 is 0 Å². The molecule has 0 amide bonds. The fourth-order valence-electron chi connectivity index (χ4n) is 16.4. The maximum atomic E-state index is 14.0. The quantitative estimate of drug-likeness (QED) is 0.0169. The van der Waals surface area contributed by atoms with Crippen LogP contribution in [0.1, 0.15) is 179 Å². The molecule has 0 bridgehead atoms. The van der Waals surface area contributed by atoms with Crippen molar-refractivity contribution in [3.8, 4) is 17.2 Å². The molecule has 19 N–H and O–H groups in total. The van der Waals surface area contributed by atoms with Crippen LogP contribution in [0.25, 0.3) is 55.2 Å². The highest BCUT2D eigenvalue weighted by atomic mass is 19.1. The first kappa shape index (κ1) is 96.8. The second-order valence-electron chi connectivity index (χ2n) is 32.6. The predicted octanol–water partition coefficient (Wildman–Crippen LogP) is 16.1. The molecule has 0 spiro atoms. The first-order valence-corrected chi connectivity index (χ1v) is 45.2. The Labute approximate surface area is 754 Å². The van der Waals surface area contributed by atoms with Gasteiger partial charge in [0.25, 0.3) is 0 Å². The van der Waals surface area contributed by atoms with Gasteiger partial charge in [-0.15, -0.1) is 0 Å². The number of aromatic nitrogens is 15. The summed E-state index contributed by atoms with van der Waals surface area (Å²) >= 11 is 0. The number of para-hydroxylation sites is 3. The number of ether oxygens (including phenoxy) is 3. The lowest BCUT2D eigenvalue weighted by Gasteiger charge is -2.26. The number of nitrogen functional groups attached to an aromatic ring is 5. The van der Waals surface area contributed by atoms with Gasteiger partial charge in [0.2, 0.25) is 29.7 Å². The lowest BCUT2D eigenvalue weighted by Crippen LogP contribution is -2.23. The Morgan fingerprint density at radius 2 is 0.628 bits per heavy atom. The molecule has 15 rings (SSSR count). The summed E-state index contributed by atoms with van der Waals surface area (Å²) in [4.78, 5) is 43.9. The Morgan fingerprint density at radius 3 is 0.915 bits per heavy atom. The van der Waals surface area contributed by atoms with E-state index in [4.69, 9.17) is 42.9 Å². The molecule has 1 aliphatic carbocycles. The fraction of sp³-hybridized carbons (Fsp3) is 0.438. The van der Waals surface area contributed by atoms with Crippen LogP contribution in [0.5, 0.6) is 17.2 Å². The van der Waals surface area contributed by atoms with E-state index in [-0.39, 0.29) is 80.2 Å². The highest BCUT2D eigenvalue weighted by Gasteiger charge is 2.25. The van der Waals surface area contributed by atoms with E-state index in [1.807, 2.05) is 132 Å². The third-order valence-electron chi connectivity index (χ3n) is 22.9. The second-order valence-corrected chi connectivity index (χ2v) is 32.6. The third kappa shape index (κ3) is 26.4. The molecule has 32 nitrogen and oxygen atoms in total. The van der Waals surface area contributed by atoms with E-state index in [2.05, 4.69) is 148 Å². The van der Waals surface area contributed by atoms with Crippen molar-refractivity contribution in [3.05, 3.63) is 186 Å². The van der Waals surface area contributed by atoms with Gasteiger partial charge in [-0.25, -0.2) is 29.3 Å². The zero-order valence-corrected chi connectivity index (χ0v) is 76.1. The minimum Gasteiger partial charge on any atom is -0.496 e. The molecule has 1 aliphatic rings. The van der Waals surface area contributed by atoms with E-state index < -0.39 is 0 Å². The van der Waals surface area contributed by atoms with Gasteiger partial charge in [0, 0.05) is 116 Å². The smallest absolute Gasteiger partial charge is 0.222 e. The van der Waals surface area contributed by atoms with Crippen molar-refractivity contribution in [2.75, 3.05) is 103 Å². The van der Waals surface area contributed by atoms with Gasteiger partial charge in [0.05, 0.1) is 75.1 Å². The van der Waals surface area contributed by atoms with Gasteiger partial charge in [-0.2, -0.15) is 24.9 Å². The number of anilines is 10. The highest BCUT2D eigenvalue weighted by Crippen LogP contribution is 2.35. The number of nitrogens with two attached hydrogens (primary N) is 5. The minimum absolute atomic E-state index is 0.0827. The van der Waals surface area contributed by atoms with Gasteiger partial charge in [-0.05, 0) is 138 Å². The number of aliphatic hydroxyl groups is 4. The van der Waals surface area contributed by atoms with Gasteiger partial charge in [0.15, 0.2) is 29.1 Å². The van der Waals surface area contributed by atoms with Crippen molar-refractivity contribution in [2.45, 2.75) is 220 Å². The van der Waals surface area contributed by atoms with Crippen LogP contribution in [0, 0.1) is 11.7 Å². The normalized spacial score (nSPS) is 13.0. The zero-order chi connectivity index (χ0) is 91.7. The molecule has 0 aliphatic heterocycles. The molecule has 10 heterocycles. The van der Waals surface area contributed by atoms with E-state index in [9.17, 15) is 24.8 Å². The van der Waals surface area contributed by atoms with Crippen molar-refractivity contribution in [2.24, 2.45) is 5.92 Å². The molecular formula is C96H132FN25O7. The summed E-state index contributed by atoms with van der Waals surface area (Å²) < 4.78 is 41.0. The van der Waals surface area contributed by atoms with E-state index in [0.717, 1.165) is 178 Å². The molecular weight excluding hydrogens is 1630 g/mol. The van der Waals surface area contributed by atoms with Crippen molar-refractivity contribution < 1.29 is 39.0 Å². The van der Waals surface area contributed by atoms with E-state index in [1.54, 1.807) is 33.5 Å². The summed E-state index contributed by atoms with van der Waals surface area (Å²) in [7, 11) is 5.04. The largest absolute Gasteiger partial charge is 0.496 e.